The fourth-order valence-corrected chi connectivity index (χ4v) is 2.65. The molecule has 84 valence electrons. The van der Waals surface area contributed by atoms with Gasteiger partial charge in [-0.2, -0.15) is 0 Å². The third kappa shape index (κ3) is 1.57. The Labute approximate surface area is 110 Å². The molecular formula is C12H8IN3O. The van der Waals surface area contributed by atoms with E-state index >= 15 is 0 Å². The minimum absolute atomic E-state index is 0.146. The molecule has 4 nitrogen and oxygen atoms in total. The van der Waals surface area contributed by atoms with E-state index in [-0.39, 0.29) is 11.5 Å². The number of benzene rings is 2. The highest BCUT2D eigenvalue weighted by Crippen LogP contribution is 2.25. The lowest BCUT2D eigenvalue weighted by atomic mass is 10.1. The largest absolute Gasteiger partial charge is 0.369 e. The monoisotopic (exact) mass is 337 g/mol. The molecule has 0 atom stereocenters. The summed E-state index contributed by atoms with van der Waals surface area (Å²) in [6, 6.07) is 9.65. The van der Waals surface area contributed by atoms with Crippen LogP contribution in [0.25, 0.3) is 21.7 Å². The van der Waals surface area contributed by atoms with Crippen molar-refractivity contribution in [2.24, 2.45) is 0 Å². The average Bonchev–Trinajstić information content (AvgIpc) is 2.28. The van der Waals surface area contributed by atoms with Gasteiger partial charge in [0, 0.05) is 3.57 Å². The summed E-state index contributed by atoms with van der Waals surface area (Å²) in [6.07, 6.45) is 0. The van der Waals surface area contributed by atoms with Gasteiger partial charge in [0.15, 0.2) is 0 Å². The van der Waals surface area contributed by atoms with E-state index in [1.807, 2.05) is 30.3 Å². The van der Waals surface area contributed by atoms with Crippen LogP contribution in [0.1, 0.15) is 0 Å². The zero-order chi connectivity index (χ0) is 12.0. The van der Waals surface area contributed by atoms with E-state index < -0.39 is 0 Å². The lowest BCUT2D eigenvalue weighted by Crippen LogP contribution is -2.11. The first-order chi connectivity index (χ1) is 8.16. The molecule has 5 heteroatoms. The zero-order valence-electron chi connectivity index (χ0n) is 8.70. The Kier molecular flexibility index (Phi) is 2.29. The van der Waals surface area contributed by atoms with Crippen LogP contribution in [0.2, 0.25) is 0 Å². The maximum Gasteiger partial charge on any atom is 0.260 e. The molecule has 0 aliphatic heterocycles. The number of H-pyrrole nitrogens is 1. The lowest BCUT2D eigenvalue weighted by Gasteiger charge is -2.04. The van der Waals surface area contributed by atoms with E-state index in [4.69, 9.17) is 5.73 Å². The number of halogens is 1. The topological polar surface area (TPSA) is 71.8 Å². The third-order valence-corrected chi connectivity index (χ3v) is 3.64. The van der Waals surface area contributed by atoms with E-state index in [0.717, 1.165) is 14.3 Å². The molecule has 0 aliphatic carbocycles. The van der Waals surface area contributed by atoms with Crippen LogP contribution in [0, 0.1) is 3.57 Å². The number of nitrogen functional groups attached to an aromatic ring is 1. The van der Waals surface area contributed by atoms with Crippen molar-refractivity contribution in [2.75, 3.05) is 5.73 Å². The molecule has 1 heterocycles. The van der Waals surface area contributed by atoms with Crippen molar-refractivity contribution in [1.82, 2.24) is 9.97 Å². The first-order valence-corrected chi connectivity index (χ1v) is 6.11. The highest BCUT2D eigenvalue weighted by Gasteiger charge is 2.07. The van der Waals surface area contributed by atoms with E-state index in [0.29, 0.717) is 10.9 Å². The number of rotatable bonds is 0. The van der Waals surface area contributed by atoms with Gasteiger partial charge in [0.05, 0.1) is 10.9 Å². The fourth-order valence-electron chi connectivity index (χ4n) is 1.98. The normalized spacial score (nSPS) is 11.1. The number of aromatic nitrogens is 2. The molecule has 0 aliphatic rings. The zero-order valence-corrected chi connectivity index (χ0v) is 10.9. The molecule has 0 amide bonds. The maximum absolute atomic E-state index is 11.9. The minimum atomic E-state index is -0.194. The molecule has 0 radical (unpaired) electrons. The number of hydrogen-bond donors (Lipinski definition) is 2. The summed E-state index contributed by atoms with van der Waals surface area (Å²) in [4.78, 5) is 18.6. The summed E-state index contributed by atoms with van der Waals surface area (Å²) in [5.41, 5.74) is 5.96. The summed E-state index contributed by atoms with van der Waals surface area (Å²) in [7, 11) is 0. The molecule has 0 bridgehead atoms. The Morgan fingerprint density at radius 1 is 1.18 bits per heavy atom. The average molecular weight is 337 g/mol. The molecule has 2 aromatic carbocycles. The minimum Gasteiger partial charge on any atom is -0.369 e. The van der Waals surface area contributed by atoms with Crippen molar-refractivity contribution in [1.29, 1.82) is 0 Å². The number of nitrogens with one attached hydrogen (secondary N) is 1. The lowest BCUT2D eigenvalue weighted by molar-refractivity contribution is 1.19. The van der Waals surface area contributed by atoms with Crippen molar-refractivity contribution in [3.05, 3.63) is 44.3 Å². The maximum atomic E-state index is 11.9. The van der Waals surface area contributed by atoms with Gasteiger partial charge in [-0.25, -0.2) is 4.98 Å². The molecule has 0 saturated carbocycles. The summed E-state index contributed by atoms with van der Waals surface area (Å²) in [5.74, 6) is 0.146. The summed E-state index contributed by atoms with van der Waals surface area (Å²) in [5, 5.41) is 2.55. The summed E-state index contributed by atoms with van der Waals surface area (Å²) in [6.45, 7) is 0. The number of hydrogen-bond acceptors (Lipinski definition) is 3. The third-order valence-electron chi connectivity index (χ3n) is 2.70. The number of nitrogens with two attached hydrogens (primary N) is 1. The smallest absolute Gasteiger partial charge is 0.260 e. The number of nitrogens with zero attached hydrogens (tertiary/aromatic N) is 1. The standard InChI is InChI=1S/C12H8IN3O/c13-8-3-1-2-7-6(8)4-5-9-10(7)11(17)16-12(14)15-9/h1-5H,(H3,14,15,16,17). The van der Waals surface area contributed by atoms with Crippen molar-refractivity contribution in [2.45, 2.75) is 0 Å². The molecule has 0 spiro atoms. The van der Waals surface area contributed by atoms with E-state index in [2.05, 4.69) is 32.6 Å². The number of fused-ring (bicyclic) bond motifs is 3. The molecule has 0 saturated heterocycles. The van der Waals surface area contributed by atoms with Crippen molar-refractivity contribution < 1.29 is 0 Å². The molecule has 17 heavy (non-hydrogen) atoms. The molecule has 0 unspecified atom stereocenters. The Morgan fingerprint density at radius 3 is 2.82 bits per heavy atom. The van der Waals surface area contributed by atoms with Gasteiger partial charge in [-0.15, -0.1) is 0 Å². The van der Waals surface area contributed by atoms with E-state index in [9.17, 15) is 4.79 Å². The SMILES string of the molecule is Nc1nc2ccc3c(I)cccc3c2c(=O)[nH]1. The predicted octanol–water partition coefficient (Wildman–Crippen LogP) is 2.26. The molecule has 0 fully saturated rings. The van der Waals surface area contributed by atoms with Crippen LogP contribution in [-0.2, 0) is 0 Å². The van der Waals surface area contributed by atoms with Crippen molar-refractivity contribution in [3.63, 3.8) is 0 Å². The first kappa shape index (κ1) is 10.5. The number of aromatic amines is 1. The van der Waals surface area contributed by atoms with Gasteiger partial charge in [-0.1, -0.05) is 18.2 Å². The van der Waals surface area contributed by atoms with Gasteiger partial charge < -0.3 is 5.73 Å². The Morgan fingerprint density at radius 2 is 2.00 bits per heavy atom. The van der Waals surface area contributed by atoms with Crippen LogP contribution in [0.3, 0.4) is 0 Å². The van der Waals surface area contributed by atoms with Gasteiger partial charge >= 0.3 is 0 Å². The second-order valence-corrected chi connectivity index (χ2v) is 4.91. The summed E-state index contributed by atoms with van der Waals surface area (Å²) < 4.78 is 1.11. The Bertz CT molecular complexity index is 795. The van der Waals surface area contributed by atoms with Crippen LogP contribution < -0.4 is 11.3 Å². The fraction of sp³-hybridized carbons (Fsp3) is 0. The van der Waals surface area contributed by atoms with Crippen molar-refractivity contribution >= 4 is 50.2 Å². The van der Waals surface area contributed by atoms with Crippen LogP contribution >= 0.6 is 22.6 Å². The van der Waals surface area contributed by atoms with Crippen LogP contribution in [0.4, 0.5) is 5.95 Å². The van der Waals surface area contributed by atoms with E-state index in [1.54, 1.807) is 0 Å². The summed E-state index contributed by atoms with van der Waals surface area (Å²) >= 11 is 2.25. The molecule has 3 rings (SSSR count). The van der Waals surface area contributed by atoms with Crippen LogP contribution in [0.15, 0.2) is 35.1 Å². The first-order valence-electron chi connectivity index (χ1n) is 5.03. The number of anilines is 1. The van der Waals surface area contributed by atoms with Crippen LogP contribution in [0.5, 0.6) is 0 Å². The second-order valence-electron chi connectivity index (χ2n) is 3.75. The van der Waals surface area contributed by atoms with Crippen LogP contribution in [-0.4, -0.2) is 9.97 Å². The quantitative estimate of drug-likeness (QED) is 0.488. The van der Waals surface area contributed by atoms with Gasteiger partial charge in [0.1, 0.15) is 0 Å². The van der Waals surface area contributed by atoms with Gasteiger partial charge in [0.25, 0.3) is 5.56 Å². The Hall–Kier alpha value is -1.63. The van der Waals surface area contributed by atoms with E-state index in [1.165, 1.54) is 0 Å². The second kappa shape index (κ2) is 3.69. The van der Waals surface area contributed by atoms with Gasteiger partial charge in [-0.05, 0) is 45.5 Å². The molecule has 3 N–H and O–H groups in total. The highest BCUT2D eigenvalue weighted by molar-refractivity contribution is 14.1. The molecular weight excluding hydrogens is 329 g/mol. The molecule has 1 aromatic heterocycles. The van der Waals surface area contributed by atoms with Crippen molar-refractivity contribution in [3.8, 4) is 0 Å². The van der Waals surface area contributed by atoms with Gasteiger partial charge in [0.2, 0.25) is 5.95 Å². The molecule has 3 aromatic rings. The Balaban J connectivity index is 2.65. The predicted molar refractivity (Wildman–Crippen MR) is 77.0 cm³/mol. The highest BCUT2D eigenvalue weighted by atomic mass is 127. The van der Waals surface area contributed by atoms with Gasteiger partial charge in [-0.3, -0.25) is 9.78 Å².